The molecule has 3 aromatic heterocycles. The van der Waals surface area contributed by atoms with Gasteiger partial charge in [-0.2, -0.15) is 5.10 Å². The summed E-state index contributed by atoms with van der Waals surface area (Å²) in [5.41, 5.74) is 1.92. The average molecular weight is 496 g/mol. The maximum atomic E-state index is 13.0. The first-order chi connectivity index (χ1) is 16.8. The Hall–Kier alpha value is -4.57. The van der Waals surface area contributed by atoms with Crippen LogP contribution >= 0.6 is 0 Å². The third kappa shape index (κ3) is 5.02. The molecular formula is C22H21N7O5S. The molecule has 0 radical (unpaired) electrons. The number of amides is 1. The van der Waals surface area contributed by atoms with Gasteiger partial charge in [0.25, 0.3) is 15.9 Å². The van der Waals surface area contributed by atoms with Gasteiger partial charge in [0.15, 0.2) is 5.65 Å². The summed E-state index contributed by atoms with van der Waals surface area (Å²) in [7, 11) is -1.18. The van der Waals surface area contributed by atoms with Crippen molar-refractivity contribution >= 4 is 27.5 Å². The number of carbonyl (C=O) groups is 1. The molecule has 13 heteroatoms. The molecule has 2 N–H and O–H groups in total. The maximum absolute atomic E-state index is 13.0. The van der Waals surface area contributed by atoms with Crippen molar-refractivity contribution in [1.82, 2.24) is 29.7 Å². The van der Waals surface area contributed by atoms with E-state index in [1.165, 1.54) is 24.7 Å². The van der Waals surface area contributed by atoms with Crippen LogP contribution in [0.2, 0.25) is 0 Å². The Morgan fingerprint density at radius 2 is 1.94 bits per heavy atom. The van der Waals surface area contributed by atoms with Crippen molar-refractivity contribution in [3.8, 4) is 24.0 Å². The fraction of sp³-hybridized carbons (Fsp3) is 0.182. The number of methoxy groups -OCH3 is 2. The summed E-state index contributed by atoms with van der Waals surface area (Å²) >= 11 is 0. The van der Waals surface area contributed by atoms with Gasteiger partial charge in [-0.05, 0) is 29.7 Å². The number of carbonyl (C=O) groups excluding carboxylic acids is 1. The van der Waals surface area contributed by atoms with Crippen LogP contribution in [-0.4, -0.2) is 52.9 Å². The zero-order valence-electron chi connectivity index (χ0n) is 18.8. The number of nitrogens with zero attached hydrogens (tertiary/aromatic N) is 5. The second-order valence-corrected chi connectivity index (χ2v) is 8.90. The molecule has 4 rings (SSSR count). The summed E-state index contributed by atoms with van der Waals surface area (Å²) in [6.07, 6.45) is 8.43. The highest BCUT2D eigenvalue weighted by Gasteiger charge is 2.23. The topological polar surface area (TPSA) is 142 Å². The van der Waals surface area contributed by atoms with Gasteiger partial charge in [-0.3, -0.25) is 9.48 Å². The van der Waals surface area contributed by atoms with Crippen molar-refractivity contribution in [1.29, 1.82) is 0 Å². The molecule has 0 saturated carbocycles. The lowest BCUT2D eigenvalue weighted by molar-refractivity contribution is -0.115. The molecule has 0 aliphatic carbocycles. The van der Waals surface area contributed by atoms with Gasteiger partial charge in [0, 0.05) is 24.4 Å². The number of benzene rings is 1. The summed E-state index contributed by atoms with van der Waals surface area (Å²) < 4.78 is 42.2. The van der Waals surface area contributed by atoms with E-state index in [0.29, 0.717) is 18.1 Å². The van der Waals surface area contributed by atoms with Crippen molar-refractivity contribution in [2.45, 2.75) is 18.0 Å². The molecule has 0 bridgehead atoms. The van der Waals surface area contributed by atoms with Gasteiger partial charge in [0.2, 0.25) is 11.8 Å². The molecular weight excluding hydrogens is 474 g/mol. The van der Waals surface area contributed by atoms with Gasteiger partial charge >= 0.3 is 0 Å². The molecule has 12 nitrogen and oxygen atoms in total. The molecule has 0 atom stereocenters. The van der Waals surface area contributed by atoms with Crippen LogP contribution in [0.25, 0.3) is 5.65 Å². The van der Waals surface area contributed by atoms with Crippen LogP contribution in [0.3, 0.4) is 0 Å². The van der Waals surface area contributed by atoms with Gasteiger partial charge in [-0.15, -0.1) is 16.6 Å². The lowest BCUT2D eigenvalue weighted by atomic mass is 10.2. The molecule has 180 valence electrons. The molecule has 4 aromatic rings. The van der Waals surface area contributed by atoms with Crippen molar-refractivity contribution < 1.29 is 22.7 Å². The quantitative estimate of drug-likeness (QED) is 0.328. The van der Waals surface area contributed by atoms with Gasteiger partial charge in [-0.25, -0.2) is 17.5 Å². The lowest BCUT2D eigenvalue weighted by Gasteiger charge is -2.12. The van der Waals surface area contributed by atoms with E-state index < -0.39 is 15.9 Å². The molecule has 0 fully saturated rings. The van der Waals surface area contributed by atoms with E-state index in [-0.39, 0.29) is 23.1 Å². The van der Waals surface area contributed by atoms with Gasteiger partial charge in [0.1, 0.15) is 10.6 Å². The minimum atomic E-state index is -4.02. The van der Waals surface area contributed by atoms with Crippen LogP contribution in [0, 0.1) is 12.3 Å². The Labute approximate surface area is 200 Å². The first-order valence-electron chi connectivity index (χ1n) is 10.2. The largest absolute Gasteiger partial charge is 0.495 e. The number of aromatic nitrogens is 5. The molecule has 1 amide bonds. The highest BCUT2D eigenvalue weighted by Crippen LogP contribution is 2.27. The van der Waals surface area contributed by atoms with E-state index in [2.05, 4.69) is 25.3 Å². The second kappa shape index (κ2) is 9.74. The number of anilines is 1. The molecule has 0 aliphatic rings. The number of para-hydroxylation sites is 1. The number of hydrogen-bond acceptors (Lipinski definition) is 8. The molecule has 1 aromatic carbocycles. The number of pyridine rings is 1. The average Bonchev–Trinajstić information content (AvgIpc) is 3.48. The molecule has 3 heterocycles. The number of fused-ring (bicyclic) bond motifs is 1. The number of terminal acetylenes is 1. The molecule has 0 aliphatic heterocycles. The number of sulfonamides is 1. The first-order valence-corrected chi connectivity index (χ1v) is 11.7. The zero-order chi connectivity index (χ0) is 25.0. The summed E-state index contributed by atoms with van der Waals surface area (Å²) in [4.78, 5) is 11.2. The van der Waals surface area contributed by atoms with Crippen molar-refractivity contribution in [2.75, 3.05) is 18.9 Å². The molecule has 35 heavy (non-hydrogen) atoms. The number of rotatable bonds is 9. The third-order valence-corrected chi connectivity index (χ3v) is 6.31. The zero-order valence-corrected chi connectivity index (χ0v) is 19.6. The Balaban J connectivity index is 1.60. The minimum absolute atomic E-state index is 0.0391. The summed E-state index contributed by atoms with van der Waals surface area (Å²) in [5, 5.41) is 14.9. The molecule has 0 unspecified atom stereocenters. The standard InChI is InChI=1S/C22H21N7O5S/c1-4-20(30)23-11-16-12-24-28(14-16)13-15-9-19-25-26-22(29(19)21(10-15)34-3)27-35(31,32)18-8-6-5-7-17(18)33-2/h1,5-10,12,14H,11,13H2,2-3H3,(H,23,30)(H,26,27). The van der Waals surface area contributed by atoms with Crippen molar-refractivity contribution in [3.05, 3.63) is 59.9 Å². The van der Waals surface area contributed by atoms with Crippen molar-refractivity contribution in [3.63, 3.8) is 0 Å². The highest BCUT2D eigenvalue weighted by atomic mass is 32.2. The molecule has 0 spiro atoms. The lowest BCUT2D eigenvalue weighted by Crippen LogP contribution is -2.20. The van der Waals surface area contributed by atoms with E-state index >= 15 is 0 Å². The fourth-order valence-electron chi connectivity index (χ4n) is 3.37. The number of ether oxygens (including phenoxy) is 2. The first kappa shape index (κ1) is 23.6. The van der Waals surface area contributed by atoms with Crippen LogP contribution < -0.4 is 19.5 Å². The van der Waals surface area contributed by atoms with E-state index in [1.807, 2.05) is 5.92 Å². The van der Waals surface area contributed by atoms with Crippen LogP contribution in [0.5, 0.6) is 11.6 Å². The second-order valence-electron chi connectivity index (χ2n) is 7.25. The van der Waals surface area contributed by atoms with E-state index in [9.17, 15) is 13.2 Å². The summed E-state index contributed by atoms with van der Waals surface area (Å²) in [5.74, 6) is 1.95. The Morgan fingerprint density at radius 1 is 1.14 bits per heavy atom. The smallest absolute Gasteiger partial charge is 0.295 e. The number of hydrogen-bond donors (Lipinski definition) is 2. The Kier molecular flexibility index (Phi) is 6.56. The fourth-order valence-corrected chi connectivity index (χ4v) is 4.52. The Bertz CT molecular complexity index is 1540. The van der Waals surface area contributed by atoms with E-state index in [1.54, 1.807) is 47.4 Å². The maximum Gasteiger partial charge on any atom is 0.295 e. The van der Waals surface area contributed by atoms with E-state index in [0.717, 1.165) is 11.1 Å². The third-order valence-electron chi connectivity index (χ3n) is 4.94. The summed E-state index contributed by atoms with van der Waals surface area (Å²) in [6.45, 7) is 0.621. The highest BCUT2D eigenvalue weighted by molar-refractivity contribution is 7.92. The van der Waals surface area contributed by atoms with E-state index in [4.69, 9.17) is 15.9 Å². The monoisotopic (exact) mass is 495 g/mol. The van der Waals surface area contributed by atoms with Crippen LogP contribution in [-0.2, 0) is 27.9 Å². The Morgan fingerprint density at radius 3 is 2.69 bits per heavy atom. The SMILES string of the molecule is C#CC(=O)NCc1cnn(Cc2cc(OC)n3c(NS(=O)(=O)c4ccccc4OC)nnc3c2)c1. The van der Waals surface area contributed by atoms with Gasteiger partial charge < -0.3 is 14.8 Å². The summed E-state index contributed by atoms with van der Waals surface area (Å²) in [6, 6.07) is 9.69. The predicted molar refractivity (Wildman–Crippen MR) is 125 cm³/mol. The van der Waals surface area contributed by atoms with Crippen LogP contribution in [0.4, 0.5) is 5.95 Å². The van der Waals surface area contributed by atoms with Crippen LogP contribution in [0.1, 0.15) is 11.1 Å². The number of nitrogens with one attached hydrogen (secondary N) is 2. The minimum Gasteiger partial charge on any atom is -0.495 e. The normalized spacial score (nSPS) is 11.1. The van der Waals surface area contributed by atoms with Gasteiger partial charge in [0.05, 0.1) is 27.0 Å². The molecule has 0 saturated heterocycles. The van der Waals surface area contributed by atoms with Crippen molar-refractivity contribution in [2.24, 2.45) is 0 Å². The predicted octanol–water partition coefficient (Wildman–Crippen LogP) is 1.04. The van der Waals surface area contributed by atoms with Crippen LogP contribution in [0.15, 0.2) is 53.7 Å². The van der Waals surface area contributed by atoms with Gasteiger partial charge in [-0.1, -0.05) is 12.1 Å².